The largest absolute Gasteiger partial charge is 0.464 e. The molecule has 0 bridgehead atoms. The van der Waals surface area contributed by atoms with Crippen molar-refractivity contribution in [3.8, 4) is 0 Å². The smallest absolute Gasteiger partial charge is 0.358 e. The molecular weight excluding hydrogens is 285 g/mol. The van der Waals surface area contributed by atoms with Crippen molar-refractivity contribution in [3.63, 3.8) is 0 Å². The van der Waals surface area contributed by atoms with Gasteiger partial charge < -0.3 is 9.64 Å². The summed E-state index contributed by atoms with van der Waals surface area (Å²) in [7, 11) is 1.30. The van der Waals surface area contributed by atoms with Crippen LogP contribution in [-0.4, -0.2) is 29.8 Å². The zero-order chi connectivity index (χ0) is 15.5. The van der Waals surface area contributed by atoms with Gasteiger partial charge in [0.25, 0.3) is 0 Å². The Morgan fingerprint density at radius 3 is 2.86 bits per heavy atom. The number of aromatic nitrogens is 2. The molecule has 1 saturated heterocycles. The second-order valence-corrected chi connectivity index (χ2v) is 5.17. The first kappa shape index (κ1) is 14.4. The van der Waals surface area contributed by atoms with Crippen molar-refractivity contribution in [1.82, 2.24) is 10.2 Å². The lowest BCUT2D eigenvalue weighted by molar-refractivity contribution is 0.0592. The number of benzene rings is 1. The fraction of sp³-hybridized carbons (Fsp3) is 0.312. The third-order valence-corrected chi connectivity index (χ3v) is 3.83. The number of carbonyl (C=O) groups is 1. The molecule has 22 heavy (non-hydrogen) atoms. The molecule has 6 heteroatoms. The predicted octanol–water partition coefficient (Wildman–Crippen LogP) is 2.74. The molecule has 0 unspecified atom stereocenters. The molecule has 1 aliphatic rings. The summed E-state index contributed by atoms with van der Waals surface area (Å²) in [5.74, 6) is -0.0713. The first-order valence-electron chi connectivity index (χ1n) is 7.13. The number of hydrogen-bond acceptors (Lipinski definition) is 5. The minimum absolute atomic E-state index is 0.0778. The lowest BCUT2D eigenvalue weighted by atomic mass is 10.0. The molecule has 0 amide bonds. The van der Waals surface area contributed by atoms with Gasteiger partial charge in [0.2, 0.25) is 0 Å². The van der Waals surface area contributed by atoms with E-state index >= 15 is 0 Å². The molecule has 0 aliphatic carbocycles. The van der Waals surface area contributed by atoms with Crippen LogP contribution >= 0.6 is 0 Å². The second-order valence-electron chi connectivity index (χ2n) is 5.17. The lowest BCUT2D eigenvalue weighted by Gasteiger charge is -2.25. The van der Waals surface area contributed by atoms with Gasteiger partial charge in [-0.3, -0.25) is 0 Å². The van der Waals surface area contributed by atoms with E-state index < -0.39 is 5.97 Å². The van der Waals surface area contributed by atoms with Gasteiger partial charge in [0, 0.05) is 6.54 Å². The van der Waals surface area contributed by atoms with Gasteiger partial charge in [-0.05, 0) is 42.7 Å². The Kier molecular flexibility index (Phi) is 4.00. The molecule has 0 saturated carbocycles. The van der Waals surface area contributed by atoms with Crippen molar-refractivity contribution in [2.24, 2.45) is 0 Å². The quantitative estimate of drug-likeness (QED) is 0.816. The van der Waals surface area contributed by atoms with Crippen LogP contribution in [0.15, 0.2) is 36.4 Å². The maximum Gasteiger partial charge on any atom is 0.358 e. The number of nitrogens with zero attached hydrogens (tertiary/aromatic N) is 3. The Morgan fingerprint density at radius 1 is 1.32 bits per heavy atom. The SMILES string of the molecule is COC(=O)c1ccc(N2CCC[C@@H]2c2cccc(F)c2)nn1. The third-order valence-electron chi connectivity index (χ3n) is 3.83. The summed E-state index contributed by atoms with van der Waals surface area (Å²) in [6, 6.07) is 10.0. The molecule has 0 spiro atoms. The number of ether oxygens (including phenoxy) is 1. The molecule has 5 nitrogen and oxygen atoms in total. The molecule has 1 aromatic heterocycles. The maximum absolute atomic E-state index is 13.4. The van der Waals surface area contributed by atoms with Crippen molar-refractivity contribution in [2.75, 3.05) is 18.6 Å². The van der Waals surface area contributed by atoms with Gasteiger partial charge in [0.15, 0.2) is 11.5 Å². The van der Waals surface area contributed by atoms with Crippen LogP contribution in [0.2, 0.25) is 0 Å². The molecule has 1 aliphatic heterocycles. The number of hydrogen-bond donors (Lipinski definition) is 0. The van der Waals surface area contributed by atoms with E-state index in [1.807, 2.05) is 6.07 Å². The molecule has 1 fully saturated rings. The van der Waals surface area contributed by atoms with Crippen molar-refractivity contribution in [3.05, 3.63) is 53.5 Å². The van der Waals surface area contributed by atoms with Crippen molar-refractivity contribution < 1.29 is 13.9 Å². The van der Waals surface area contributed by atoms with E-state index in [-0.39, 0.29) is 17.6 Å². The van der Waals surface area contributed by atoms with Gasteiger partial charge in [-0.2, -0.15) is 0 Å². The highest BCUT2D eigenvalue weighted by Crippen LogP contribution is 2.35. The summed E-state index contributed by atoms with van der Waals surface area (Å²) in [4.78, 5) is 13.5. The van der Waals surface area contributed by atoms with Crippen molar-refractivity contribution in [1.29, 1.82) is 0 Å². The minimum atomic E-state index is -0.512. The molecule has 0 N–H and O–H groups in total. The Hall–Kier alpha value is -2.50. The lowest BCUT2D eigenvalue weighted by Crippen LogP contribution is -2.24. The van der Waals surface area contributed by atoms with Crippen LogP contribution < -0.4 is 4.90 Å². The van der Waals surface area contributed by atoms with Gasteiger partial charge >= 0.3 is 5.97 Å². The molecular formula is C16H16FN3O2. The topological polar surface area (TPSA) is 55.3 Å². The average molecular weight is 301 g/mol. The van der Waals surface area contributed by atoms with Gasteiger partial charge in [-0.25, -0.2) is 9.18 Å². The van der Waals surface area contributed by atoms with Crippen molar-refractivity contribution >= 4 is 11.8 Å². The fourth-order valence-electron chi connectivity index (χ4n) is 2.79. The molecule has 1 aromatic carbocycles. The number of anilines is 1. The van der Waals surface area contributed by atoms with Gasteiger partial charge in [-0.1, -0.05) is 12.1 Å². The molecule has 1 atom stereocenters. The fourth-order valence-corrected chi connectivity index (χ4v) is 2.79. The van der Waals surface area contributed by atoms with E-state index in [1.165, 1.54) is 13.2 Å². The van der Waals surface area contributed by atoms with Crippen molar-refractivity contribution in [2.45, 2.75) is 18.9 Å². The first-order chi connectivity index (χ1) is 10.7. The Morgan fingerprint density at radius 2 is 2.18 bits per heavy atom. The van der Waals surface area contributed by atoms with E-state index in [1.54, 1.807) is 24.3 Å². The third kappa shape index (κ3) is 2.77. The summed E-state index contributed by atoms with van der Waals surface area (Å²) >= 11 is 0. The van der Waals surface area contributed by atoms with Crippen LogP contribution in [0.1, 0.15) is 34.9 Å². The number of esters is 1. The summed E-state index contributed by atoms with van der Waals surface area (Å²) in [6.07, 6.45) is 1.94. The van der Waals surface area contributed by atoms with Crippen LogP contribution in [0.4, 0.5) is 10.2 Å². The first-order valence-corrected chi connectivity index (χ1v) is 7.13. The number of methoxy groups -OCH3 is 1. The summed E-state index contributed by atoms with van der Waals surface area (Å²) in [5, 5.41) is 8.01. The molecule has 2 heterocycles. The van der Waals surface area contributed by atoms with Crippen LogP contribution in [0, 0.1) is 5.82 Å². The van der Waals surface area contributed by atoms with E-state index in [2.05, 4.69) is 19.8 Å². The van der Waals surface area contributed by atoms with Crippen LogP contribution in [-0.2, 0) is 4.74 Å². The highest BCUT2D eigenvalue weighted by Gasteiger charge is 2.27. The monoisotopic (exact) mass is 301 g/mol. The van der Waals surface area contributed by atoms with E-state index in [0.717, 1.165) is 24.9 Å². The average Bonchev–Trinajstić information content (AvgIpc) is 3.04. The molecule has 2 aromatic rings. The van der Waals surface area contributed by atoms with E-state index in [4.69, 9.17) is 0 Å². The number of rotatable bonds is 3. The van der Waals surface area contributed by atoms with Crippen LogP contribution in [0.5, 0.6) is 0 Å². The van der Waals surface area contributed by atoms with Gasteiger partial charge in [0.05, 0.1) is 13.2 Å². The standard InChI is InChI=1S/C16H16FN3O2/c1-22-16(21)13-7-8-15(19-18-13)20-9-3-6-14(20)11-4-2-5-12(17)10-11/h2,4-5,7-8,10,14H,3,6,9H2,1H3/t14-/m1/s1. The Bertz CT molecular complexity index is 675. The summed E-state index contributed by atoms with van der Waals surface area (Å²) in [5.41, 5.74) is 1.10. The predicted molar refractivity (Wildman–Crippen MR) is 79.1 cm³/mol. The highest BCUT2D eigenvalue weighted by atomic mass is 19.1. The van der Waals surface area contributed by atoms with Crippen LogP contribution in [0.3, 0.4) is 0 Å². The normalized spacial score (nSPS) is 17.5. The second kappa shape index (κ2) is 6.09. The minimum Gasteiger partial charge on any atom is -0.464 e. The molecule has 0 radical (unpaired) electrons. The van der Waals surface area contributed by atoms with E-state index in [0.29, 0.717) is 5.82 Å². The number of halogens is 1. The Balaban J connectivity index is 1.85. The zero-order valence-corrected chi connectivity index (χ0v) is 12.2. The molecule has 3 rings (SSSR count). The molecule has 114 valence electrons. The number of carbonyl (C=O) groups excluding carboxylic acids is 1. The Labute approximate surface area is 127 Å². The van der Waals surface area contributed by atoms with E-state index in [9.17, 15) is 9.18 Å². The summed E-state index contributed by atoms with van der Waals surface area (Å²) in [6.45, 7) is 0.827. The summed E-state index contributed by atoms with van der Waals surface area (Å²) < 4.78 is 18.0. The van der Waals surface area contributed by atoms with Gasteiger partial charge in [0.1, 0.15) is 5.82 Å². The van der Waals surface area contributed by atoms with Gasteiger partial charge in [-0.15, -0.1) is 10.2 Å². The highest BCUT2D eigenvalue weighted by molar-refractivity contribution is 5.87. The van der Waals surface area contributed by atoms with Crippen LogP contribution in [0.25, 0.3) is 0 Å². The zero-order valence-electron chi connectivity index (χ0n) is 12.2. The maximum atomic E-state index is 13.4.